The summed E-state index contributed by atoms with van der Waals surface area (Å²) < 4.78 is 20.8. The molecule has 3 rings (SSSR count). The third-order valence-corrected chi connectivity index (χ3v) is 7.20. The van der Waals surface area contributed by atoms with Gasteiger partial charge in [-0.25, -0.2) is 4.21 Å². The lowest BCUT2D eigenvalue weighted by Crippen LogP contribution is -1.92. The van der Waals surface area contributed by atoms with E-state index in [4.69, 9.17) is 16.8 Å². The van der Waals surface area contributed by atoms with Crippen molar-refractivity contribution in [3.05, 3.63) is 63.5 Å². The van der Waals surface area contributed by atoms with Crippen molar-refractivity contribution in [2.24, 2.45) is 0 Å². The first-order valence-corrected chi connectivity index (χ1v) is 10.8. The first-order chi connectivity index (χ1) is 11.1. The Morgan fingerprint density at radius 2 is 1.78 bits per heavy atom. The molecule has 6 heteroatoms. The van der Waals surface area contributed by atoms with E-state index < -0.39 is 11.1 Å². The van der Waals surface area contributed by atoms with E-state index in [-0.39, 0.29) is 5.75 Å². The molecule has 118 valence electrons. The van der Waals surface area contributed by atoms with Gasteiger partial charge in [0.2, 0.25) is 0 Å². The van der Waals surface area contributed by atoms with E-state index in [0.717, 1.165) is 25.4 Å². The van der Waals surface area contributed by atoms with Gasteiger partial charge in [0.05, 0.1) is 10.6 Å². The lowest BCUT2D eigenvalue weighted by molar-refractivity contribution is 0.563. The van der Waals surface area contributed by atoms with Gasteiger partial charge in [-0.15, -0.1) is 0 Å². The van der Waals surface area contributed by atoms with Gasteiger partial charge < -0.3 is 4.55 Å². The minimum Gasteiger partial charge on any atom is -0.306 e. The summed E-state index contributed by atoms with van der Waals surface area (Å²) in [4.78, 5) is 1.16. The van der Waals surface area contributed by atoms with Gasteiger partial charge in [0, 0.05) is 5.56 Å². The van der Waals surface area contributed by atoms with Gasteiger partial charge >= 0.3 is 0 Å². The van der Waals surface area contributed by atoms with E-state index in [0.29, 0.717) is 0 Å². The summed E-state index contributed by atoms with van der Waals surface area (Å²) in [6.07, 6.45) is 0. The maximum Gasteiger partial charge on any atom is 0.157 e. The molecular formula is C17H14O2S4. The minimum atomic E-state index is -1.81. The van der Waals surface area contributed by atoms with Crippen LogP contribution < -0.4 is 0 Å². The summed E-state index contributed by atoms with van der Waals surface area (Å²) in [5.41, 5.74) is 5.44. The molecule has 1 heterocycles. The van der Waals surface area contributed by atoms with Crippen molar-refractivity contribution in [1.29, 1.82) is 0 Å². The normalized spacial score (nSPS) is 12.3. The van der Waals surface area contributed by atoms with Crippen LogP contribution in [0.3, 0.4) is 0 Å². The summed E-state index contributed by atoms with van der Waals surface area (Å²) in [6.45, 7) is 2.09. The second kappa shape index (κ2) is 7.15. The zero-order valence-electron chi connectivity index (χ0n) is 12.3. The largest absolute Gasteiger partial charge is 0.306 e. The third kappa shape index (κ3) is 3.67. The Morgan fingerprint density at radius 3 is 2.43 bits per heavy atom. The van der Waals surface area contributed by atoms with E-state index in [2.05, 4.69) is 19.1 Å². The van der Waals surface area contributed by atoms with Gasteiger partial charge in [-0.2, -0.15) is 0 Å². The van der Waals surface area contributed by atoms with Crippen molar-refractivity contribution in [2.75, 3.05) is 0 Å². The summed E-state index contributed by atoms with van der Waals surface area (Å²) in [7, 11) is 3.29. The molecule has 0 aliphatic rings. The Labute approximate surface area is 150 Å². The fraction of sp³-hybridized carbons (Fsp3) is 0.118. The molecule has 2 nitrogen and oxygen atoms in total. The Bertz CT molecular complexity index is 907. The highest BCUT2D eigenvalue weighted by molar-refractivity contribution is 7.80. The van der Waals surface area contributed by atoms with Gasteiger partial charge in [0.1, 0.15) is 3.82 Å². The average molecular weight is 379 g/mol. The minimum absolute atomic E-state index is 0.157. The molecule has 0 bridgehead atoms. The molecule has 0 aliphatic carbocycles. The predicted molar refractivity (Wildman–Crippen MR) is 103 cm³/mol. The van der Waals surface area contributed by atoms with E-state index in [1.54, 1.807) is 20.7 Å². The van der Waals surface area contributed by atoms with Crippen molar-refractivity contribution < 1.29 is 8.76 Å². The standard InChI is InChI=1S/C17H14O2S4/c1-11-4-2-3-5-14(11)15-16(21-22-17(15)20)13-8-6-12(7-9-13)10-23(18)19/h2-9H,10H2,1H3,(H,18,19). The van der Waals surface area contributed by atoms with Crippen LogP contribution in [0.15, 0.2) is 48.5 Å². The quantitative estimate of drug-likeness (QED) is 0.349. The van der Waals surface area contributed by atoms with Gasteiger partial charge in [0.15, 0.2) is 11.1 Å². The molecule has 1 unspecified atom stereocenters. The average Bonchev–Trinajstić information content (AvgIpc) is 2.90. The van der Waals surface area contributed by atoms with Crippen molar-refractivity contribution >= 4 is 44.0 Å². The van der Waals surface area contributed by atoms with Crippen LogP contribution in [0.2, 0.25) is 0 Å². The van der Waals surface area contributed by atoms with Crippen LogP contribution in [0.5, 0.6) is 0 Å². The van der Waals surface area contributed by atoms with Gasteiger partial charge in [-0.1, -0.05) is 81.4 Å². The highest BCUT2D eigenvalue weighted by atomic mass is 32.9. The molecule has 1 atom stereocenters. The zero-order chi connectivity index (χ0) is 16.4. The van der Waals surface area contributed by atoms with Crippen LogP contribution in [0.1, 0.15) is 11.1 Å². The predicted octanol–water partition coefficient (Wildman–Crippen LogP) is 5.90. The Morgan fingerprint density at radius 1 is 1.09 bits per heavy atom. The first-order valence-electron chi connectivity index (χ1n) is 6.92. The number of hydrogen-bond donors (Lipinski definition) is 1. The molecular weight excluding hydrogens is 364 g/mol. The molecule has 0 fully saturated rings. The second-order valence-corrected chi connectivity index (χ2v) is 8.88. The van der Waals surface area contributed by atoms with Gasteiger partial charge in [-0.05, 0) is 29.2 Å². The molecule has 0 radical (unpaired) electrons. The summed E-state index contributed by atoms with van der Waals surface area (Å²) in [5.74, 6) is 0.157. The van der Waals surface area contributed by atoms with Crippen LogP contribution in [-0.2, 0) is 16.8 Å². The maximum atomic E-state index is 10.9. The molecule has 0 amide bonds. The molecule has 0 aliphatic heterocycles. The van der Waals surface area contributed by atoms with E-state index in [1.165, 1.54) is 11.1 Å². The fourth-order valence-electron chi connectivity index (χ4n) is 2.43. The fourth-order valence-corrected chi connectivity index (χ4v) is 5.80. The molecule has 0 spiro atoms. The zero-order valence-corrected chi connectivity index (χ0v) is 15.6. The smallest absolute Gasteiger partial charge is 0.157 e. The SMILES string of the molecule is Cc1ccccc1-c1c(-c2ccc(CS(=O)O)cc2)ssc1=S. The van der Waals surface area contributed by atoms with Crippen molar-refractivity contribution in [2.45, 2.75) is 12.7 Å². The van der Waals surface area contributed by atoms with Gasteiger partial charge in [0.25, 0.3) is 0 Å². The molecule has 1 aromatic heterocycles. The van der Waals surface area contributed by atoms with Gasteiger partial charge in [-0.3, -0.25) is 0 Å². The van der Waals surface area contributed by atoms with E-state index in [9.17, 15) is 4.21 Å². The van der Waals surface area contributed by atoms with Crippen LogP contribution in [-0.4, -0.2) is 8.76 Å². The second-order valence-electron chi connectivity index (χ2n) is 5.14. The monoisotopic (exact) mass is 378 g/mol. The Hall–Kier alpha value is -1.18. The summed E-state index contributed by atoms with van der Waals surface area (Å²) in [6, 6.07) is 16.1. The topological polar surface area (TPSA) is 37.3 Å². The number of rotatable bonds is 4. The highest BCUT2D eigenvalue weighted by Crippen LogP contribution is 2.42. The first kappa shape index (κ1) is 16.7. The highest BCUT2D eigenvalue weighted by Gasteiger charge is 2.14. The van der Waals surface area contributed by atoms with Crippen molar-refractivity contribution in [1.82, 2.24) is 0 Å². The van der Waals surface area contributed by atoms with Crippen molar-refractivity contribution in [3.63, 3.8) is 0 Å². The van der Waals surface area contributed by atoms with Crippen LogP contribution in [0.4, 0.5) is 0 Å². The lowest BCUT2D eigenvalue weighted by atomic mass is 9.99. The molecule has 23 heavy (non-hydrogen) atoms. The molecule has 3 aromatic rings. The lowest BCUT2D eigenvalue weighted by Gasteiger charge is -2.07. The summed E-state index contributed by atoms with van der Waals surface area (Å²) in [5, 5.41) is 0. The Balaban J connectivity index is 2.07. The maximum absolute atomic E-state index is 10.9. The number of hydrogen-bond acceptors (Lipinski definition) is 4. The molecule has 0 saturated carbocycles. The molecule has 1 N–H and O–H groups in total. The van der Waals surface area contributed by atoms with Crippen LogP contribution >= 0.6 is 32.9 Å². The third-order valence-electron chi connectivity index (χ3n) is 3.55. The van der Waals surface area contributed by atoms with E-state index >= 15 is 0 Å². The Kier molecular flexibility index (Phi) is 5.18. The van der Waals surface area contributed by atoms with Crippen LogP contribution in [0, 0.1) is 10.7 Å². The van der Waals surface area contributed by atoms with Crippen LogP contribution in [0.25, 0.3) is 21.6 Å². The molecule has 2 aromatic carbocycles. The van der Waals surface area contributed by atoms with E-state index in [1.807, 2.05) is 36.4 Å². The number of aryl methyl sites for hydroxylation is 1. The van der Waals surface area contributed by atoms with Crippen molar-refractivity contribution in [3.8, 4) is 21.6 Å². The molecule has 0 saturated heterocycles. The summed E-state index contributed by atoms with van der Waals surface area (Å²) >= 11 is 3.74. The number of benzene rings is 2.